The molecule has 0 saturated carbocycles. The van der Waals surface area contributed by atoms with Crippen LogP contribution < -0.4 is 10.6 Å². The van der Waals surface area contributed by atoms with Gasteiger partial charge in [0.1, 0.15) is 13.4 Å². The summed E-state index contributed by atoms with van der Waals surface area (Å²) in [6, 6.07) is 0. The second-order valence-corrected chi connectivity index (χ2v) is 4.00. The molecule has 0 aliphatic carbocycles. The van der Waals surface area contributed by atoms with Crippen LogP contribution in [0.3, 0.4) is 0 Å². The van der Waals surface area contributed by atoms with Crippen LogP contribution in [-0.4, -0.2) is 44.6 Å². The van der Waals surface area contributed by atoms with E-state index in [9.17, 15) is 9.90 Å². The number of hydrogen-bond acceptors (Lipinski definition) is 3. The molecule has 0 spiro atoms. The molecule has 1 aliphatic rings. The molecular weight excluding hydrogens is 179 g/mol. The molecule has 0 radical (unpaired) electrons. The molecule has 0 aromatic rings. The maximum atomic E-state index is 11.2. The predicted octanol–water partition coefficient (Wildman–Crippen LogP) is -0.920. The molecule has 0 amide bonds. The highest BCUT2D eigenvalue weighted by molar-refractivity contribution is 6.08. The fourth-order valence-electron chi connectivity index (χ4n) is 2.21. The van der Waals surface area contributed by atoms with Crippen molar-refractivity contribution in [2.75, 3.05) is 20.1 Å². The lowest BCUT2D eigenvalue weighted by molar-refractivity contribution is -0.145. The van der Waals surface area contributed by atoms with E-state index in [4.69, 9.17) is 0 Å². The molecule has 1 saturated heterocycles. The summed E-state index contributed by atoms with van der Waals surface area (Å²) in [6.07, 6.45) is 3.20. The summed E-state index contributed by atoms with van der Waals surface area (Å²) in [5.41, 5.74) is -0.741. The summed E-state index contributed by atoms with van der Waals surface area (Å²) in [4.78, 5) is 11.2. The topological polar surface area (TPSA) is 61.4 Å². The highest BCUT2D eigenvalue weighted by Crippen LogP contribution is 2.26. The van der Waals surface area contributed by atoms with Gasteiger partial charge in [-0.15, -0.1) is 0 Å². The van der Waals surface area contributed by atoms with Crippen LogP contribution in [0.25, 0.3) is 0 Å². The van der Waals surface area contributed by atoms with Crippen molar-refractivity contribution in [3.63, 3.8) is 0 Å². The van der Waals surface area contributed by atoms with Crippen LogP contribution >= 0.6 is 0 Å². The lowest BCUT2D eigenvalue weighted by Gasteiger charge is -2.29. The lowest BCUT2D eigenvalue weighted by atomic mass is 9.82. The minimum Gasteiger partial charge on any atom is -0.480 e. The van der Waals surface area contributed by atoms with E-state index < -0.39 is 11.5 Å². The second kappa shape index (κ2) is 4.80. The van der Waals surface area contributed by atoms with E-state index in [1.54, 1.807) is 7.05 Å². The predicted molar refractivity (Wildman–Crippen MR) is 58.4 cm³/mol. The quantitative estimate of drug-likeness (QED) is 0.500. The molecule has 80 valence electrons. The van der Waals surface area contributed by atoms with Gasteiger partial charge >= 0.3 is 5.97 Å². The van der Waals surface area contributed by atoms with E-state index in [-0.39, 0.29) is 5.92 Å². The molecule has 0 aromatic carbocycles. The molecule has 1 rings (SSSR count). The number of likely N-dealkylation sites (N-methyl/N-ethyl adjacent to an activating group) is 1. The number of carboxylic acid groups (broad SMARTS) is 1. The van der Waals surface area contributed by atoms with Crippen molar-refractivity contribution in [1.29, 1.82) is 0 Å². The Kier molecular flexibility index (Phi) is 3.95. The SMILES string of the molecule is BCCC[C@H]1CNC[C@@]1(NC)C(=O)O. The zero-order valence-electron chi connectivity index (χ0n) is 8.97. The minimum atomic E-state index is -0.741. The molecule has 14 heavy (non-hydrogen) atoms. The lowest BCUT2D eigenvalue weighted by Crippen LogP contribution is -2.56. The fourth-order valence-corrected chi connectivity index (χ4v) is 2.21. The standard InChI is InChI=1S/C9H19BN2O2/c1-11-9(8(13)14)6-12-5-7(9)3-2-4-10/h7,11-12H,2-6,10H2,1H3,(H,13,14)/t7-,9-/m0/s1. The first-order chi connectivity index (χ1) is 6.67. The maximum absolute atomic E-state index is 11.2. The zero-order valence-corrected chi connectivity index (χ0v) is 8.97. The number of carboxylic acids is 1. The third kappa shape index (κ3) is 1.93. The molecule has 3 N–H and O–H groups in total. The van der Waals surface area contributed by atoms with Crippen LogP contribution in [0.5, 0.6) is 0 Å². The van der Waals surface area contributed by atoms with Crippen LogP contribution in [0.1, 0.15) is 12.8 Å². The van der Waals surface area contributed by atoms with Gasteiger partial charge in [0.2, 0.25) is 0 Å². The molecule has 1 aliphatic heterocycles. The largest absolute Gasteiger partial charge is 0.480 e. The van der Waals surface area contributed by atoms with Gasteiger partial charge in [0.25, 0.3) is 0 Å². The summed E-state index contributed by atoms with van der Waals surface area (Å²) in [5.74, 6) is -0.518. The molecular formula is C9H19BN2O2. The Bertz CT molecular complexity index is 213. The molecule has 2 atom stereocenters. The van der Waals surface area contributed by atoms with Crippen molar-refractivity contribution >= 4 is 13.8 Å². The monoisotopic (exact) mass is 198 g/mol. The van der Waals surface area contributed by atoms with Crippen molar-refractivity contribution in [3.05, 3.63) is 0 Å². The average molecular weight is 198 g/mol. The summed E-state index contributed by atoms with van der Waals surface area (Å²) in [7, 11) is 3.87. The number of rotatable bonds is 5. The van der Waals surface area contributed by atoms with E-state index in [2.05, 4.69) is 18.5 Å². The third-order valence-corrected chi connectivity index (χ3v) is 3.23. The Labute approximate surface area is 85.9 Å². The normalized spacial score (nSPS) is 31.9. The van der Waals surface area contributed by atoms with E-state index in [1.165, 1.54) is 0 Å². The maximum Gasteiger partial charge on any atom is 0.325 e. The van der Waals surface area contributed by atoms with Gasteiger partial charge in [0.15, 0.2) is 0 Å². The smallest absolute Gasteiger partial charge is 0.325 e. The second-order valence-electron chi connectivity index (χ2n) is 4.00. The van der Waals surface area contributed by atoms with Gasteiger partial charge in [-0.3, -0.25) is 4.79 Å². The molecule has 0 bridgehead atoms. The van der Waals surface area contributed by atoms with E-state index in [0.29, 0.717) is 6.54 Å². The molecule has 4 nitrogen and oxygen atoms in total. The summed E-state index contributed by atoms with van der Waals surface area (Å²) in [5, 5.41) is 15.4. The van der Waals surface area contributed by atoms with E-state index in [0.717, 1.165) is 25.7 Å². The van der Waals surface area contributed by atoms with E-state index >= 15 is 0 Å². The number of hydrogen-bond donors (Lipinski definition) is 3. The Morgan fingerprint density at radius 2 is 2.50 bits per heavy atom. The van der Waals surface area contributed by atoms with E-state index in [1.807, 2.05) is 0 Å². The molecule has 5 heteroatoms. The van der Waals surface area contributed by atoms with Gasteiger partial charge < -0.3 is 15.7 Å². The van der Waals surface area contributed by atoms with Crippen LogP contribution in [-0.2, 0) is 4.79 Å². The van der Waals surface area contributed by atoms with Crippen molar-refractivity contribution < 1.29 is 9.90 Å². The highest BCUT2D eigenvalue weighted by atomic mass is 16.4. The summed E-state index contributed by atoms with van der Waals surface area (Å²) < 4.78 is 0. The first kappa shape index (κ1) is 11.5. The Balaban J connectivity index is 2.67. The Morgan fingerprint density at radius 1 is 1.79 bits per heavy atom. The molecule has 0 aromatic heterocycles. The van der Waals surface area contributed by atoms with Gasteiger partial charge in [0, 0.05) is 19.0 Å². The first-order valence-corrected chi connectivity index (χ1v) is 5.30. The third-order valence-electron chi connectivity index (χ3n) is 3.23. The molecule has 0 unspecified atom stereocenters. The first-order valence-electron chi connectivity index (χ1n) is 5.30. The van der Waals surface area contributed by atoms with Gasteiger partial charge in [-0.1, -0.05) is 12.7 Å². The van der Waals surface area contributed by atoms with Crippen LogP contribution in [0.2, 0.25) is 6.32 Å². The van der Waals surface area contributed by atoms with Gasteiger partial charge in [0.05, 0.1) is 0 Å². The van der Waals surface area contributed by atoms with Crippen molar-refractivity contribution in [2.45, 2.75) is 24.7 Å². The van der Waals surface area contributed by atoms with Crippen LogP contribution in [0.15, 0.2) is 0 Å². The molecule has 1 fully saturated rings. The summed E-state index contributed by atoms with van der Waals surface area (Å²) in [6.45, 7) is 1.35. The Hall–Kier alpha value is -0.545. The minimum absolute atomic E-state index is 0.213. The Morgan fingerprint density at radius 3 is 3.00 bits per heavy atom. The highest BCUT2D eigenvalue weighted by Gasteiger charge is 2.47. The number of nitrogens with one attached hydrogen (secondary N) is 2. The van der Waals surface area contributed by atoms with Gasteiger partial charge in [-0.25, -0.2) is 0 Å². The zero-order chi connectivity index (χ0) is 10.6. The number of aliphatic carboxylic acids is 1. The average Bonchev–Trinajstić information content (AvgIpc) is 2.58. The van der Waals surface area contributed by atoms with Gasteiger partial charge in [-0.05, 0) is 13.5 Å². The number of carbonyl (C=O) groups is 1. The van der Waals surface area contributed by atoms with Gasteiger partial charge in [-0.2, -0.15) is 0 Å². The van der Waals surface area contributed by atoms with Crippen molar-refractivity contribution in [2.24, 2.45) is 5.92 Å². The van der Waals surface area contributed by atoms with Crippen molar-refractivity contribution in [1.82, 2.24) is 10.6 Å². The summed E-state index contributed by atoms with van der Waals surface area (Å²) >= 11 is 0. The van der Waals surface area contributed by atoms with Crippen LogP contribution in [0.4, 0.5) is 0 Å². The molecule has 1 heterocycles. The van der Waals surface area contributed by atoms with Crippen LogP contribution in [0, 0.1) is 5.92 Å². The fraction of sp³-hybridized carbons (Fsp3) is 0.889. The van der Waals surface area contributed by atoms with Crippen molar-refractivity contribution in [3.8, 4) is 0 Å².